The van der Waals surface area contributed by atoms with E-state index in [1.54, 1.807) is 24.0 Å². The quantitative estimate of drug-likeness (QED) is 0.248. The molecule has 0 aliphatic heterocycles. The molecule has 44 heavy (non-hydrogen) atoms. The van der Waals surface area contributed by atoms with Gasteiger partial charge in [-0.25, -0.2) is 8.78 Å². The molecule has 238 valence electrons. The van der Waals surface area contributed by atoms with Gasteiger partial charge in [0.25, 0.3) is 0 Å². The maximum Gasteiger partial charge on any atom is 0.249 e. The van der Waals surface area contributed by atoms with E-state index in [9.17, 15) is 23.5 Å². The topological polar surface area (TPSA) is 95.7 Å². The van der Waals surface area contributed by atoms with Crippen LogP contribution in [0.15, 0.2) is 71.8 Å². The Morgan fingerprint density at radius 1 is 1.02 bits per heavy atom. The molecule has 6 nitrogen and oxygen atoms in total. The van der Waals surface area contributed by atoms with Crippen LogP contribution in [0, 0.1) is 23.0 Å². The first-order valence-corrected chi connectivity index (χ1v) is 16.0. The summed E-state index contributed by atoms with van der Waals surface area (Å²) in [5.74, 6) is -3.21. The van der Waals surface area contributed by atoms with E-state index < -0.39 is 35.0 Å². The van der Waals surface area contributed by atoms with E-state index in [0.29, 0.717) is 29.8 Å². The summed E-state index contributed by atoms with van der Waals surface area (Å²) in [6, 6.07) is 13.4. The number of carbonyl (C=O) groups is 2. The molecule has 8 heteroatoms. The van der Waals surface area contributed by atoms with Crippen molar-refractivity contribution in [3.8, 4) is 0 Å². The van der Waals surface area contributed by atoms with E-state index in [2.05, 4.69) is 17.4 Å². The number of aliphatic hydroxyl groups excluding tert-OH is 1. The predicted octanol–water partition coefficient (Wildman–Crippen LogP) is 5.94. The number of halogens is 2. The van der Waals surface area contributed by atoms with E-state index in [1.165, 1.54) is 12.1 Å². The van der Waals surface area contributed by atoms with Gasteiger partial charge in [-0.05, 0) is 68.7 Å². The summed E-state index contributed by atoms with van der Waals surface area (Å²) < 4.78 is 28.7. The van der Waals surface area contributed by atoms with Crippen LogP contribution in [0.4, 0.5) is 8.78 Å². The summed E-state index contributed by atoms with van der Waals surface area (Å²) in [5.41, 5.74) is 6.95. The molecule has 0 bridgehead atoms. The van der Waals surface area contributed by atoms with Crippen LogP contribution in [0.2, 0.25) is 0 Å². The smallest absolute Gasteiger partial charge is 0.249 e. The largest absolute Gasteiger partial charge is 0.391 e. The van der Waals surface area contributed by atoms with Gasteiger partial charge >= 0.3 is 0 Å². The number of primary amides is 1. The van der Waals surface area contributed by atoms with Crippen molar-refractivity contribution in [2.45, 2.75) is 83.8 Å². The van der Waals surface area contributed by atoms with Crippen LogP contribution in [-0.2, 0) is 21.5 Å². The number of hydrogen-bond donors (Lipinski definition) is 3. The molecule has 4 N–H and O–H groups in total. The summed E-state index contributed by atoms with van der Waals surface area (Å²) in [7, 11) is 0. The van der Waals surface area contributed by atoms with Gasteiger partial charge in [-0.2, -0.15) is 0 Å². The molecule has 1 saturated carbocycles. The standard InChI is InChI=1S/C36H47F2N3O3/c1-4-15-41(16-5-2)33(43)27-17-25(3)22-35(23-27,34(39)44)31(20-26-18-29(37)21-30(38)19-26)32(42)24-40-36(13-9-10-14-36)28-11-7-6-8-12-28/h6-8,11-12,17-19,21-22,31-32,40,42H,4-5,9-10,13-16,20,23-24H2,1-3H3,(H2,39,44)/t31-,32+,35?/m1/s1. The summed E-state index contributed by atoms with van der Waals surface area (Å²) in [6.45, 7) is 7.11. The maximum atomic E-state index is 14.4. The lowest BCUT2D eigenvalue weighted by Gasteiger charge is -2.43. The van der Waals surface area contributed by atoms with E-state index in [0.717, 1.165) is 50.2 Å². The van der Waals surface area contributed by atoms with Gasteiger partial charge in [0.2, 0.25) is 11.8 Å². The number of benzene rings is 2. The van der Waals surface area contributed by atoms with Gasteiger partial charge in [-0.1, -0.05) is 74.7 Å². The minimum Gasteiger partial charge on any atom is -0.391 e. The Bertz CT molecular complexity index is 1340. The van der Waals surface area contributed by atoms with E-state index >= 15 is 0 Å². The number of nitrogens with zero attached hydrogens (tertiary/aromatic N) is 1. The average Bonchev–Trinajstić information content (AvgIpc) is 3.48. The number of nitrogens with two attached hydrogens (primary N) is 1. The summed E-state index contributed by atoms with van der Waals surface area (Å²) in [6.07, 6.45) is 7.83. The zero-order valence-corrected chi connectivity index (χ0v) is 26.3. The van der Waals surface area contributed by atoms with Gasteiger partial charge in [0.1, 0.15) is 11.6 Å². The fraction of sp³-hybridized carbons (Fsp3) is 0.500. The molecule has 2 amide bonds. The van der Waals surface area contributed by atoms with Crippen molar-refractivity contribution in [1.29, 1.82) is 0 Å². The number of carbonyl (C=O) groups excluding carboxylic acids is 2. The first kappa shape index (κ1) is 33.5. The third-order valence-corrected chi connectivity index (χ3v) is 9.31. The molecule has 3 atom stereocenters. The second kappa shape index (κ2) is 14.6. The maximum absolute atomic E-state index is 14.4. The van der Waals surface area contributed by atoms with Crippen molar-refractivity contribution < 1.29 is 23.5 Å². The Morgan fingerprint density at radius 2 is 1.64 bits per heavy atom. The Hall–Kier alpha value is -3.36. The number of amides is 2. The molecule has 1 unspecified atom stereocenters. The molecular formula is C36H47F2N3O3. The lowest BCUT2D eigenvalue weighted by atomic mass is 9.63. The second-order valence-electron chi connectivity index (χ2n) is 12.6. The normalized spacial score (nSPS) is 20.9. The van der Waals surface area contributed by atoms with E-state index in [1.807, 2.05) is 32.0 Å². The van der Waals surface area contributed by atoms with Crippen LogP contribution in [0.3, 0.4) is 0 Å². The van der Waals surface area contributed by atoms with Gasteiger partial charge in [-0.3, -0.25) is 9.59 Å². The molecule has 0 heterocycles. The molecule has 2 aliphatic rings. The fourth-order valence-electron chi connectivity index (χ4n) is 7.30. The van der Waals surface area contributed by atoms with E-state index in [4.69, 9.17) is 5.73 Å². The molecule has 4 rings (SSSR count). The van der Waals surface area contributed by atoms with Crippen LogP contribution < -0.4 is 11.1 Å². The van der Waals surface area contributed by atoms with E-state index in [-0.39, 0.29) is 30.8 Å². The molecule has 2 aromatic carbocycles. The molecule has 2 aromatic rings. The zero-order chi connectivity index (χ0) is 31.9. The minimum atomic E-state index is -1.46. The van der Waals surface area contributed by atoms with Crippen LogP contribution in [0.25, 0.3) is 0 Å². The molecular weight excluding hydrogens is 560 g/mol. The number of nitrogens with one attached hydrogen (secondary N) is 1. The number of rotatable bonds is 14. The molecule has 0 saturated heterocycles. The molecule has 2 aliphatic carbocycles. The Kier molecular flexibility index (Phi) is 11.1. The third-order valence-electron chi connectivity index (χ3n) is 9.31. The van der Waals surface area contributed by atoms with Crippen molar-refractivity contribution in [2.24, 2.45) is 17.1 Å². The van der Waals surface area contributed by atoms with Crippen LogP contribution >= 0.6 is 0 Å². The summed E-state index contributed by atoms with van der Waals surface area (Å²) in [5, 5.41) is 15.6. The van der Waals surface area contributed by atoms with Crippen LogP contribution in [0.5, 0.6) is 0 Å². The fourth-order valence-corrected chi connectivity index (χ4v) is 7.30. The van der Waals surface area contributed by atoms with Crippen molar-refractivity contribution in [1.82, 2.24) is 10.2 Å². The summed E-state index contributed by atoms with van der Waals surface area (Å²) in [4.78, 5) is 29.1. The third kappa shape index (κ3) is 7.46. The predicted molar refractivity (Wildman–Crippen MR) is 169 cm³/mol. The van der Waals surface area contributed by atoms with Crippen LogP contribution in [0.1, 0.15) is 76.8 Å². The first-order valence-electron chi connectivity index (χ1n) is 16.0. The highest BCUT2D eigenvalue weighted by molar-refractivity contribution is 5.97. The summed E-state index contributed by atoms with van der Waals surface area (Å²) >= 11 is 0. The molecule has 0 aromatic heterocycles. The van der Waals surface area contributed by atoms with Crippen LogP contribution in [-0.4, -0.2) is 47.6 Å². The molecule has 1 fully saturated rings. The van der Waals surface area contributed by atoms with Crippen molar-refractivity contribution in [3.05, 3.63) is 94.6 Å². The number of allylic oxidation sites excluding steroid dienone is 2. The second-order valence-corrected chi connectivity index (χ2v) is 12.6. The van der Waals surface area contributed by atoms with Crippen molar-refractivity contribution in [2.75, 3.05) is 19.6 Å². The van der Waals surface area contributed by atoms with Gasteiger partial charge in [-0.15, -0.1) is 0 Å². The van der Waals surface area contributed by atoms with Gasteiger partial charge in [0.05, 0.1) is 11.5 Å². The highest BCUT2D eigenvalue weighted by atomic mass is 19.1. The van der Waals surface area contributed by atoms with Crippen molar-refractivity contribution >= 4 is 11.8 Å². The van der Waals surface area contributed by atoms with Gasteiger partial charge < -0.3 is 21.1 Å². The lowest BCUT2D eigenvalue weighted by molar-refractivity contribution is -0.132. The zero-order valence-electron chi connectivity index (χ0n) is 26.3. The Balaban J connectivity index is 1.73. The Labute approximate surface area is 260 Å². The highest BCUT2D eigenvalue weighted by Gasteiger charge is 2.49. The monoisotopic (exact) mass is 607 g/mol. The van der Waals surface area contributed by atoms with Gasteiger partial charge in [0.15, 0.2) is 0 Å². The molecule has 0 radical (unpaired) electrons. The highest BCUT2D eigenvalue weighted by Crippen LogP contribution is 2.45. The number of aliphatic hydroxyl groups is 1. The SMILES string of the molecule is CCCN(CCC)C(=O)C1=CC(C)=CC(C(N)=O)([C@H](Cc2cc(F)cc(F)c2)[C@@H](O)CNC2(c3ccccc3)CCCC2)C1. The van der Waals surface area contributed by atoms with Gasteiger partial charge in [0, 0.05) is 42.7 Å². The van der Waals surface area contributed by atoms with Crippen molar-refractivity contribution in [3.63, 3.8) is 0 Å². The lowest BCUT2D eigenvalue weighted by Crippen LogP contribution is -2.53. The molecule has 0 spiro atoms. The average molecular weight is 608 g/mol. The first-order chi connectivity index (χ1) is 21.0. The minimum absolute atomic E-state index is 0.00815. The Morgan fingerprint density at radius 3 is 2.20 bits per heavy atom. The number of hydrogen-bond acceptors (Lipinski definition) is 4.